The van der Waals surface area contributed by atoms with Gasteiger partial charge in [-0.05, 0) is 77.3 Å². The van der Waals surface area contributed by atoms with Gasteiger partial charge in [-0.1, -0.05) is 48.8 Å². The first-order valence-corrected chi connectivity index (χ1v) is 17.5. The van der Waals surface area contributed by atoms with Gasteiger partial charge < -0.3 is 19.7 Å². The van der Waals surface area contributed by atoms with Crippen LogP contribution in [0.4, 0.5) is 14.9 Å². The SMILES string of the molecule is CNC(=O)c1c(-c2ccc(F)cc2)oc2cc(N(Cc3ccc(Br)c(CN(CC(C)(C)C)C(=O)O)c3)S(C)(=O)=O)c(C3CC3)cc12. The molecule has 46 heavy (non-hydrogen) atoms. The van der Waals surface area contributed by atoms with Crippen molar-refractivity contribution in [2.24, 2.45) is 5.41 Å². The fourth-order valence-electron chi connectivity index (χ4n) is 5.61. The van der Waals surface area contributed by atoms with Gasteiger partial charge >= 0.3 is 6.09 Å². The summed E-state index contributed by atoms with van der Waals surface area (Å²) in [5.74, 6) is -0.441. The van der Waals surface area contributed by atoms with Crippen LogP contribution in [0.3, 0.4) is 0 Å². The molecule has 1 fully saturated rings. The molecule has 9 nitrogen and oxygen atoms in total. The van der Waals surface area contributed by atoms with Crippen molar-refractivity contribution >= 4 is 54.6 Å². The molecule has 0 saturated heterocycles. The number of fused-ring (bicyclic) bond motifs is 1. The highest BCUT2D eigenvalue weighted by molar-refractivity contribution is 9.10. The van der Waals surface area contributed by atoms with E-state index in [4.69, 9.17) is 4.42 Å². The normalized spacial score (nSPS) is 13.5. The lowest BCUT2D eigenvalue weighted by atomic mass is 9.96. The van der Waals surface area contributed by atoms with Crippen molar-refractivity contribution in [2.75, 3.05) is 24.2 Å². The molecule has 0 bridgehead atoms. The smallest absolute Gasteiger partial charge is 0.407 e. The van der Waals surface area contributed by atoms with Gasteiger partial charge in [-0.3, -0.25) is 9.10 Å². The van der Waals surface area contributed by atoms with Crippen molar-refractivity contribution in [3.05, 3.63) is 87.1 Å². The summed E-state index contributed by atoms with van der Waals surface area (Å²) in [7, 11) is -2.31. The molecular formula is C34H37BrFN3O6S. The van der Waals surface area contributed by atoms with E-state index in [-0.39, 0.29) is 36.1 Å². The van der Waals surface area contributed by atoms with Gasteiger partial charge in [-0.2, -0.15) is 0 Å². The summed E-state index contributed by atoms with van der Waals surface area (Å²) >= 11 is 3.54. The van der Waals surface area contributed by atoms with Gasteiger partial charge in [-0.15, -0.1) is 0 Å². The van der Waals surface area contributed by atoms with Crippen LogP contribution in [0, 0.1) is 11.2 Å². The molecule has 244 valence electrons. The van der Waals surface area contributed by atoms with Gasteiger partial charge in [0.2, 0.25) is 10.0 Å². The molecule has 2 N–H and O–H groups in total. The van der Waals surface area contributed by atoms with Crippen LogP contribution < -0.4 is 9.62 Å². The lowest BCUT2D eigenvalue weighted by Gasteiger charge is -2.29. The average Bonchev–Trinajstić information content (AvgIpc) is 3.75. The minimum atomic E-state index is -3.82. The standard InChI is InChI=1S/C34H37BrFN3O6S/c1-34(2,3)19-38(33(41)42)18-23-14-20(6-13-27(23)35)17-39(46(5,43)44)28-16-29-26(15-25(28)21-7-8-21)30(32(40)37-4)31(45-29)22-9-11-24(36)12-10-22/h6,9-16,21H,7-8,17-19H2,1-5H3,(H,37,40)(H,41,42). The third-order valence-electron chi connectivity index (χ3n) is 7.82. The predicted octanol–water partition coefficient (Wildman–Crippen LogP) is 7.73. The molecule has 12 heteroatoms. The lowest BCUT2D eigenvalue weighted by Crippen LogP contribution is -2.36. The maximum absolute atomic E-state index is 13.7. The molecule has 0 unspecified atom stereocenters. The zero-order valence-electron chi connectivity index (χ0n) is 26.4. The van der Waals surface area contributed by atoms with Gasteiger partial charge in [0.25, 0.3) is 5.91 Å². The molecule has 1 heterocycles. The number of benzene rings is 3. The fourth-order valence-corrected chi connectivity index (χ4v) is 6.88. The molecule has 1 aromatic heterocycles. The number of amides is 2. The highest BCUT2D eigenvalue weighted by atomic mass is 79.9. The maximum atomic E-state index is 13.7. The van der Waals surface area contributed by atoms with E-state index in [1.807, 2.05) is 32.9 Å². The number of rotatable bonds is 10. The molecule has 3 aromatic carbocycles. The van der Waals surface area contributed by atoms with E-state index < -0.39 is 21.9 Å². The van der Waals surface area contributed by atoms with Crippen LogP contribution in [-0.2, 0) is 23.1 Å². The molecule has 1 aliphatic carbocycles. The van der Waals surface area contributed by atoms with E-state index in [9.17, 15) is 27.5 Å². The largest absolute Gasteiger partial charge is 0.465 e. The van der Waals surface area contributed by atoms with E-state index in [1.165, 1.54) is 40.5 Å². The van der Waals surface area contributed by atoms with Crippen LogP contribution in [0.25, 0.3) is 22.3 Å². The highest BCUT2D eigenvalue weighted by Crippen LogP contribution is 2.48. The van der Waals surface area contributed by atoms with Gasteiger partial charge in [0, 0.05) is 35.1 Å². The molecule has 1 aliphatic rings. The van der Waals surface area contributed by atoms with Crippen LogP contribution in [0.2, 0.25) is 0 Å². The zero-order chi connectivity index (χ0) is 33.6. The highest BCUT2D eigenvalue weighted by Gasteiger charge is 2.33. The molecule has 1 saturated carbocycles. The Hall–Kier alpha value is -3.90. The van der Waals surface area contributed by atoms with E-state index in [1.54, 1.807) is 18.2 Å². The Balaban J connectivity index is 1.60. The number of carbonyl (C=O) groups is 2. The number of anilines is 1. The first-order chi connectivity index (χ1) is 21.6. The monoisotopic (exact) mass is 713 g/mol. The van der Waals surface area contributed by atoms with Crippen LogP contribution in [0.1, 0.15) is 66.6 Å². The van der Waals surface area contributed by atoms with Crippen molar-refractivity contribution in [2.45, 2.75) is 52.6 Å². The summed E-state index contributed by atoms with van der Waals surface area (Å²) in [6, 6.07) is 14.6. The Kier molecular flexibility index (Phi) is 9.25. The van der Waals surface area contributed by atoms with E-state index >= 15 is 0 Å². The summed E-state index contributed by atoms with van der Waals surface area (Å²) in [5.41, 5.74) is 3.48. The third-order valence-corrected chi connectivity index (χ3v) is 9.72. The molecule has 0 spiro atoms. The lowest BCUT2D eigenvalue weighted by molar-refractivity contribution is 0.0964. The number of sulfonamides is 1. The summed E-state index contributed by atoms with van der Waals surface area (Å²) in [5, 5.41) is 13.1. The number of halogens is 2. The number of furan rings is 1. The summed E-state index contributed by atoms with van der Waals surface area (Å²) in [4.78, 5) is 26.5. The first-order valence-electron chi connectivity index (χ1n) is 14.9. The number of carboxylic acid groups (broad SMARTS) is 1. The Morgan fingerprint density at radius 3 is 2.30 bits per heavy atom. The van der Waals surface area contributed by atoms with E-state index in [0.29, 0.717) is 49.9 Å². The quantitative estimate of drug-likeness (QED) is 0.174. The molecule has 0 aliphatic heterocycles. The number of hydrogen-bond donors (Lipinski definition) is 2. The summed E-state index contributed by atoms with van der Waals surface area (Å²) < 4.78 is 48.8. The van der Waals surface area contributed by atoms with Gasteiger partial charge in [0.1, 0.15) is 17.2 Å². The van der Waals surface area contributed by atoms with Crippen LogP contribution in [0.5, 0.6) is 0 Å². The Labute approximate surface area is 276 Å². The number of nitrogens with zero attached hydrogens (tertiary/aromatic N) is 2. The number of carbonyl (C=O) groups excluding carboxylic acids is 1. The Morgan fingerprint density at radius 1 is 1.07 bits per heavy atom. The van der Waals surface area contributed by atoms with Crippen molar-refractivity contribution < 1.29 is 31.9 Å². The van der Waals surface area contributed by atoms with Crippen LogP contribution in [0.15, 0.2) is 63.5 Å². The van der Waals surface area contributed by atoms with E-state index in [2.05, 4.69) is 21.2 Å². The van der Waals surface area contributed by atoms with E-state index in [0.717, 1.165) is 24.7 Å². The van der Waals surface area contributed by atoms with Crippen molar-refractivity contribution in [1.82, 2.24) is 10.2 Å². The maximum Gasteiger partial charge on any atom is 0.407 e. The van der Waals surface area contributed by atoms with Gasteiger partial charge in [0.05, 0.1) is 30.6 Å². The molecule has 0 radical (unpaired) electrons. The molecule has 5 rings (SSSR count). The predicted molar refractivity (Wildman–Crippen MR) is 180 cm³/mol. The topological polar surface area (TPSA) is 120 Å². The number of nitrogens with one attached hydrogen (secondary N) is 1. The zero-order valence-corrected chi connectivity index (χ0v) is 28.8. The molecule has 4 aromatic rings. The van der Waals surface area contributed by atoms with Crippen LogP contribution >= 0.6 is 15.9 Å². The molecule has 0 atom stereocenters. The summed E-state index contributed by atoms with van der Waals surface area (Å²) in [6.07, 6.45) is 1.84. The minimum Gasteiger partial charge on any atom is -0.465 e. The second-order valence-electron chi connectivity index (χ2n) is 13.0. The fraction of sp³-hybridized carbons (Fsp3) is 0.353. The first kappa shape index (κ1) is 33.5. The Morgan fingerprint density at radius 2 is 1.74 bits per heavy atom. The Bertz CT molecular complexity index is 1910. The van der Waals surface area contributed by atoms with Gasteiger partial charge in [-0.25, -0.2) is 17.6 Å². The third kappa shape index (κ3) is 7.39. The second-order valence-corrected chi connectivity index (χ2v) is 15.7. The summed E-state index contributed by atoms with van der Waals surface area (Å²) in [6.45, 7) is 6.33. The van der Waals surface area contributed by atoms with Crippen molar-refractivity contribution in [1.29, 1.82) is 0 Å². The second kappa shape index (κ2) is 12.7. The van der Waals surface area contributed by atoms with Crippen molar-refractivity contribution in [3.63, 3.8) is 0 Å². The van der Waals surface area contributed by atoms with Gasteiger partial charge in [0.15, 0.2) is 0 Å². The van der Waals surface area contributed by atoms with Crippen LogP contribution in [-0.4, -0.2) is 50.3 Å². The molecular weight excluding hydrogens is 677 g/mol. The number of hydrogen-bond acceptors (Lipinski definition) is 5. The van der Waals surface area contributed by atoms with Crippen molar-refractivity contribution in [3.8, 4) is 11.3 Å². The molecule has 2 amide bonds. The minimum absolute atomic E-state index is 0.00941. The average molecular weight is 715 g/mol.